The normalized spacial score (nSPS) is 22.6. The number of ether oxygens (including phenoxy) is 1. The highest BCUT2D eigenvalue weighted by Crippen LogP contribution is 2.38. The van der Waals surface area contributed by atoms with Crippen LogP contribution in [0.15, 0.2) is 42.5 Å². The summed E-state index contributed by atoms with van der Waals surface area (Å²) in [6, 6.07) is 11.4. The van der Waals surface area contributed by atoms with Crippen molar-refractivity contribution in [1.29, 1.82) is 0 Å². The number of carbonyl (C=O) groups excluding carboxylic acids is 1. The van der Waals surface area contributed by atoms with Gasteiger partial charge in [-0.1, -0.05) is 41.8 Å². The van der Waals surface area contributed by atoms with Gasteiger partial charge in [0.2, 0.25) is 0 Å². The van der Waals surface area contributed by atoms with E-state index in [0.29, 0.717) is 45.4 Å². The van der Waals surface area contributed by atoms with Crippen LogP contribution < -0.4 is 5.43 Å². The minimum absolute atomic E-state index is 0.245. The first-order chi connectivity index (χ1) is 17.5. The number of hydrogen-bond donors (Lipinski definition) is 1. The summed E-state index contributed by atoms with van der Waals surface area (Å²) in [5.74, 6) is 0.735. The second-order valence-electron chi connectivity index (χ2n) is 9.69. The predicted octanol–water partition coefficient (Wildman–Crippen LogP) is 5.77. The summed E-state index contributed by atoms with van der Waals surface area (Å²) in [5, 5.41) is 7.69. The standard InChI is InChI=1S/C27H25Cl2FN4O2/c28-20-6-9-24(23(29)11-20)34-26-19(10-16-4-7-21(30)8-5-16)14-36-15-22(26)25(31-34)27(35)32-33-12-17-2-1-3-18(17)13-33/h4-11,17-18H,1-3,12-15H2,(H,32,35). The van der Waals surface area contributed by atoms with Crippen molar-refractivity contribution in [2.45, 2.75) is 25.9 Å². The molecule has 36 heavy (non-hydrogen) atoms. The van der Waals surface area contributed by atoms with E-state index in [0.717, 1.165) is 29.9 Å². The third-order valence-corrected chi connectivity index (χ3v) is 7.88. The van der Waals surface area contributed by atoms with Crippen LogP contribution in [0, 0.1) is 17.7 Å². The van der Waals surface area contributed by atoms with Gasteiger partial charge in [0, 0.05) is 29.2 Å². The first-order valence-electron chi connectivity index (χ1n) is 12.1. The Balaban J connectivity index is 1.41. The molecule has 2 aliphatic heterocycles. The van der Waals surface area contributed by atoms with E-state index >= 15 is 0 Å². The van der Waals surface area contributed by atoms with E-state index < -0.39 is 0 Å². The molecule has 1 saturated heterocycles. The van der Waals surface area contributed by atoms with E-state index in [1.54, 1.807) is 35.0 Å². The first kappa shape index (κ1) is 23.7. The lowest BCUT2D eigenvalue weighted by atomic mass is 10.0. The lowest BCUT2D eigenvalue weighted by molar-refractivity contribution is 0.0801. The number of carbonyl (C=O) groups is 1. The van der Waals surface area contributed by atoms with Crippen molar-refractivity contribution in [1.82, 2.24) is 20.2 Å². The van der Waals surface area contributed by atoms with E-state index in [-0.39, 0.29) is 18.3 Å². The molecule has 3 aliphatic rings. The largest absolute Gasteiger partial charge is 0.372 e. The average molecular weight is 527 g/mol. The number of nitrogens with zero attached hydrogens (tertiary/aromatic N) is 3. The van der Waals surface area contributed by atoms with Crippen molar-refractivity contribution >= 4 is 40.8 Å². The summed E-state index contributed by atoms with van der Waals surface area (Å²) in [5.41, 5.74) is 7.06. The van der Waals surface area contributed by atoms with Crippen molar-refractivity contribution in [2.75, 3.05) is 19.7 Å². The molecule has 186 valence electrons. The topological polar surface area (TPSA) is 59.4 Å². The first-order valence-corrected chi connectivity index (χ1v) is 12.9. The fraction of sp³-hybridized carbons (Fsp3) is 0.333. The fourth-order valence-corrected chi connectivity index (χ4v) is 6.14. The van der Waals surface area contributed by atoms with Gasteiger partial charge in [0.15, 0.2) is 5.69 Å². The molecule has 1 saturated carbocycles. The summed E-state index contributed by atoms with van der Waals surface area (Å²) in [6.45, 7) is 2.30. The molecule has 1 aromatic heterocycles. The Labute approximate surface area is 218 Å². The zero-order chi connectivity index (χ0) is 24.8. The van der Waals surface area contributed by atoms with Gasteiger partial charge in [-0.05, 0) is 66.6 Å². The molecule has 0 spiro atoms. The van der Waals surface area contributed by atoms with Crippen molar-refractivity contribution in [3.63, 3.8) is 0 Å². The average Bonchev–Trinajstić information content (AvgIpc) is 3.55. The van der Waals surface area contributed by atoms with Gasteiger partial charge in [-0.25, -0.2) is 14.1 Å². The van der Waals surface area contributed by atoms with Gasteiger partial charge in [0.1, 0.15) is 5.82 Å². The van der Waals surface area contributed by atoms with Crippen LogP contribution in [0.5, 0.6) is 0 Å². The van der Waals surface area contributed by atoms with E-state index in [4.69, 9.17) is 33.0 Å². The van der Waals surface area contributed by atoms with Gasteiger partial charge in [0.25, 0.3) is 5.91 Å². The number of aromatic nitrogens is 2. The summed E-state index contributed by atoms with van der Waals surface area (Å²) in [6.07, 6.45) is 5.64. The molecule has 2 atom stereocenters. The summed E-state index contributed by atoms with van der Waals surface area (Å²) >= 11 is 12.7. The maximum Gasteiger partial charge on any atom is 0.286 e. The molecule has 1 aliphatic carbocycles. The molecule has 6 nitrogen and oxygen atoms in total. The Hall–Kier alpha value is -2.71. The zero-order valence-corrected chi connectivity index (χ0v) is 21.0. The van der Waals surface area contributed by atoms with Crippen LogP contribution >= 0.6 is 23.2 Å². The molecule has 6 rings (SSSR count). The highest BCUT2D eigenvalue weighted by molar-refractivity contribution is 6.35. The molecule has 9 heteroatoms. The summed E-state index contributed by atoms with van der Waals surface area (Å²) in [4.78, 5) is 13.5. The summed E-state index contributed by atoms with van der Waals surface area (Å²) < 4.78 is 21.0. The Morgan fingerprint density at radius 2 is 1.83 bits per heavy atom. The molecule has 0 radical (unpaired) electrons. The molecular weight excluding hydrogens is 502 g/mol. The predicted molar refractivity (Wildman–Crippen MR) is 137 cm³/mol. The SMILES string of the molecule is O=C(NN1CC2CCCC2C1)c1nn(-c2ccc(Cl)cc2Cl)c2c1COCC2=Cc1ccc(F)cc1. The third kappa shape index (κ3) is 4.45. The van der Waals surface area contributed by atoms with Crippen LogP contribution in [0.25, 0.3) is 17.3 Å². The van der Waals surface area contributed by atoms with E-state index in [1.165, 1.54) is 31.4 Å². The van der Waals surface area contributed by atoms with E-state index in [1.807, 2.05) is 11.1 Å². The van der Waals surface area contributed by atoms with Crippen LogP contribution in [0.1, 0.15) is 46.6 Å². The highest BCUT2D eigenvalue weighted by Gasteiger charge is 2.38. The van der Waals surface area contributed by atoms with Crippen molar-refractivity contribution < 1.29 is 13.9 Å². The molecule has 3 heterocycles. The molecular formula is C27H25Cl2FN4O2. The highest BCUT2D eigenvalue weighted by atomic mass is 35.5. The Morgan fingerprint density at radius 1 is 1.08 bits per heavy atom. The Bertz CT molecular complexity index is 1340. The molecule has 2 unspecified atom stereocenters. The maximum absolute atomic E-state index is 13.5. The van der Waals surface area contributed by atoms with Crippen LogP contribution in [-0.4, -0.2) is 40.4 Å². The Morgan fingerprint density at radius 3 is 2.56 bits per heavy atom. The molecule has 1 N–H and O–H groups in total. The second-order valence-corrected chi connectivity index (χ2v) is 10.5. The molecule has 0 bridgehead atoms. The van der Waals surface area contributed by atoms with Crippen molar-refractivity contribution in [2.24, 2.45) is 11.8 Å². The van der Waals surface area contributed by atoms with Gasteiger partial charge in [0.05, 0.1) is 29.6 Å². The van der Waals surface area contributed by atoms with Crippen molar-refractivity contribution in [3.8, 4) is 5.69 Å². The molecule has 1 amide bonds. The van der Waals surface area contributed by atoms with E-state index in [9.17, 15) is 9.18 Å². The fourth-order valence-electron chi connectivity index (χ4n) is 5.65. The van der Waals surface area contributed by atoms with Crippen LogP contribution in [-0.2, 0) is 11.3 Å². The van der Waals surface area contributed by atoms with Crippen LogP contribution in [0.2, 0.25) is 10.0 Å². The number of benzene rings is 2. The van der Waals surface area contributed by atoms with Gasteiger partial charge in [-0.3, -0.25) is 10.2 Å². The number of amides is 1. The van der Waals surface area contributed by atoms with Gasteiger partial charge < -0.3 is 4.74 Å². The molecule has 3 aromatic rings. The minimum Gasteiger partial charge on any atom is -0.372 e. The Kier molecular flexibility index (Phi) is 6.33. The number of hydrogen-bond acceptors (Lipinski definition) is 4. The molecule has 2 fully saturated rings. The van der Waals surface area contributed by atoms with Crippen LogP contribution in [0.3, 0.4) is 0 Å². The smallest absolute Gasteiger partial charge is 0.286 e. The van der Waals surface area contributed by atoms with Crippen molar-refractivity contribution in [3.05, 3.63) is 80.8 Å². The lowest BCUT2D eigenvalue weighted by Crippen LogP contribution is -2.41. The monoisotopic (exact) mass is 526 g/mol. The number of halogens is 3. The lowest BCUT2D eigenvalue weighted by Gasteiger charge is -2.20. The van der Waals surface area contributed by atoms with Gasteiger partial charge in [-0.15, -0.1) is 0 Å². The summed E-state index contributed by atoms with van der Waals surface area (Å²) in [7, 11) is 0. The zero-order valence-electron chi connectivity index (χ0n) is 19.5. The number of hydrazine groups is 1. The van der Waals surface area contributed by atoms with Gasteiger partial charge in [-0.2, -0.15) is 5.10 Å². The van der Waals surface area contributed by atoms with Crippen LogP contribution in [0.4, 0.5) is 4.39 Å². The maximum atomic E-state index is 13.5. The molecule has 2 aromatic carbocycles. The van der Waals surface area contributed by atoms with E-state index in [2.05, 4.69) is 5.43 Å². The second kappa shape index (κ2) is 9.63. The van der Waals surface area contributed by atoms with Gasteiger partial charge >= 0.3 is 0 Å². The minimum atomic E-state index is -0.305. The number of nitrogens with one attached hydrogen (secondary N) is 1. The number of fused-ring (bicyclic) bond motifs is 2. The third-order valence-electron chi connectivity index (χ3n) is 7.34. The number of rotatable bonds is 4. The quantitative estimate of drug-likeness (QED) is 0.469.